The lowest BCUT2D eigenvalue weighted by atomic mass is 9.95. The molecule has 14 heavy (non-hydrogen) atoms. The maximum atomic E-state index is 9.95. The van der Waals surface area contributed by atoms with Crippen molar-refractivity contribution in [2.24, 2.45) is 0 Å². The molecule has 0 radical (unpaired) electrons. The molecule has 0 aliphatic carbocycles. The Labute approximate surface area is 85.0 Å². The van der Waals surface area contributed by atoms with E-state index in [1.54, 1.807) is 0 Å². The van der Waals surface area contributed by atoms with Crippen molar-refractivity contribution < 1.29 is 5.11 Å². The Morgan fingerprint density at radius 1 is 1.36 bits per heavy atom. The number of aryl methyl sites for hydroxylation is 2. The van der Waals surface area contributed by atoms with Crippen LogP contribution in [0.1, 0.15) is 34.8 Å². The summed E-state index contributed by atoms with van der Waals surface area (Å²) in [5.41, 5.74) is 4.92. The second kappa shape index (κ2) is 3.71. The van der Waals surface area contributed by atoms with E-state index < -0.39 is 0 Å². The minimum atomic E-state index is -0.293. The maximum absolute atomic E-state index is 9.95. The van der Waals surface area contributed by atoms with Crippen LogP contribution in [0.4, 0.5) is 0 Å². The lowest BCUT2D eigenvalue weighted by Crippen LogP contribution is -2.13. The molecule has 0 unspecified atom stereocenters. The zero-order valence-electron chi connectivity index (χ0n) is 8.80. The van der Waals surface area contributed by atoms with Crippen molar-refractivity contribution in [3.63, 3.8) is 0 Å². The lowest BCUT2D eigenvalue weighted by Gasteiger charge is -2.14. The highest BCUT2D eigenvalue weighted by Gasteiger charge is 2.17. The summed E-state index contributed by atoms with van der Waals surface area (Å²) in [5, 5.41) is 13.3. The van der Waals surface area contributed by atoms with Gasteiger partial charge in [0.1, 0.15) is 0 Å². The first-order valence-electron chi connectivity index (χ1n) is 5.17. The molecule has 1 aromatic carbocycles. The van der Waals surface area contributed by atoms with E-state index in [4.69, 9.17) is 0 Å². The molecule has 1 aliphatic heterocycles. The van der Waals surface area contributed by atoms with Gasteiger partial charge in [-0.05, 0) is 43.5 Å². The van der Waals surface area contributed by atoms with Crippen molar-refractivity contribution in [1.29, 1.82) is 0 Å². The molecular weight excluding hydrogens is 174 g/mol. The summed E-state index contributed by atoms with van der Waals surface area (Å²) in [6, 6.07) is 4.29. The standard InChI is InChI=1S/C12H17NO/c1-8-5-9(2)11-7-13-4-3-12(14)10(11)6-8/h5-6,12-14H,3-4,7H2,1-2H3/t12-/m0/s1. The van der Waals surface area contributed by atoms with Crippen LogP contribution < -0.4 is 5.32 Å². The zero-order valence-corrected chi connectivity index (χ0v) is 8.80. The molecule has 2 nitrogen and oxygen atoms in total. The molecule has 0 aromatic heterocycles. The SMILES string of the molecule is Cc1cc(C)c2c(c1)[C@@H](O)CCNC2. The maximum Gasteiger partial charge on any atom is 0.0805 e. The van der Waals surface area contributed by atoms with Gasteiger partial charge in [0, 0.05) is 6.54 Å². The summed E-state index contributed by atoms with van der Waals surface area (Å²) < 4.78 is 0. The summed E-state index contributed by atoms with van der Waals surface area (Å²) in [5.74, 6) is 0. The number of rotatable bonds is 0. The van der Waals surface area contributed by atoms with Gasteiger partial charge in [-0.2, -0.15) is 0 Å². The molecule has 1 aromatic rings. The van der Waals surface area contributed by atoms with Gasteiger partial charge in [0.2, 0.25) is 0 Å². The average molecular weight is 191 g/mol. The monoisotopic (exact) mass is 191 g/mol. The minimum absolute atomic E-state index is 0.293. The van der Waals surface area contributed by atoms with Gasteiger partial charge in [0.15, 0.2) is 0 Å². The third kappa shape index (κ3) is 1.68. The molecule has 0 saturated heterocycles. The van der Waals surface area contributed by atoms with Crippen LogP contribution >= 0.6 is 0 Å². The van der Waals surface area contributed by atoms with Gasteiger partial charge in [-0.15, -0.1) is 0 Å². The van der Waals surface area contributed by atoms with Gasteiger partial charge in [0.05, 0.1) is 6.10 Å². The molecule has 2 heteroatoms. The number of aliphatic hydroxyl groups excluding tert-OH is 1. The van der Waals surface area contributed by atoms with Crippen LogP contribution in [0.25, 0.3) is 0 Å². The van der Waals surface area contributed by atoms with Crippen molar-refractivity contribution in [2.75, 3.05) is 6.54 Å². The van der Waals surface area contributed by atoms with E-state index in [-0.39, 0.29) is 6.10 Å². The quantitative estimate of drug-likeness (QED) is 0.655. The third-order valence-electron chi connectivity index (χ3n) is 2.91. The highest BCUT2D eigenvalue weighted by Crippen LogP contribution is 2.27. The van der Waals surface area contributed by atoms with Crippen LogP contribution in [0.3, 0.4) is 0 Å². The molecule has 1 atom stereocenters. The molecule has 2 rings (SSSR count). The normalized spacial score (nSPS) is 21.5. The average Bonchev–Trinajstić information content (AvgIpc) is 2.29. The molecule has 76 valence electrons. The molecule has 1 heterocycles. The van der Waals surface area contributed by atoms with Crippen LogP contribution in [-0.4, -0.2) is 11.7 Å². The molecule has 0 bridgehead atoms. The van der Waals surface area contributed by atoms with Gasteiger partial charge in [-0.1, -0.05) is 17.7 Å². The molecule has 0 fully saturated rings. The third-order valence-corrected chi connectivity index (χ3v) is 2.91. The summed E-state index contributed by atoms with van der Waals surface area (Å²) >= 11 is 0. The van der Waals surface area contributed by atoms with Crippen molar-refractivity contribution in [2.45, 2.75) is 32.9 Å². The predicted molar refractivity (Wildman–Crippen MR) is 57.2 cm³/mol. The fourth-order valence-electron chi connectivity index (χ4n) is 2.18. The van der Waals surface area contributed by atoms with Gasteiger partial charge in [0.25, 0.3) is 0 Å². The molecular formula is C12H17NO. The van der Waals surface area contributed by atoms with E-state index in [1.165, 1.54) is 16.7 Å². The van der Waals surface area contributed by atoms with Crippen LogP contribution in [0.15, 0.2) is 12.1 Å². The van der Waals surface area contributed by atoms with Gasteiger partial charge < -0.3 is 10.4 Å². The smallest absolute Gasteiger partial charge is 0.0805 e. The number of fused-ring (bicyclic) bond motifs is 1. The summed E-state index contributed by atoms with van der Waals surface area (Å²) in [7, 11) is 0. The fraction of sp³-hybridized carbons (Fsp3) is 0.500. The summed E-state index contributed by atoms with van der Waals surface area (Å²) in [4.78, 5) is 0. The van der Waals surface area contributed by atoms with E-state index >= 15 is 0 Å². The van der Waals surface area contributed by atoms with E-state index in [0.29, 0.717) is 0 Å². The first-order chi connectivity index (χ1) is 6.68. The summed E-state index contributed by atoms with van der Waals surface area (Å²) in [6.07, 6.45) is 0.522. The van der Waals surface area contributed by atoms with E-state index in [0.717, 1.165) is 25.1 Å². The van der Waals surface area contributed by atoms with Crippen molar-refractivity contribution in [1.82, 2.24) is 5.32 Å². The number of hydrogen-bond donors (Lipinski definition) is 2. The molecule has 1 aliphatic rings. The fourth-order valence-corrected chi connectivity index (χ4v) is 2.18. The Kier molecular flexibility index (Phi) is 2.57. The van der Waals surface area contributed by atoms with Crippen molar-refractivity contribution in [3.05, 3.63) is 34.4 Å². The largest absolute Gasteiger partial charge is 0.388 e. The van der Waals surface area contributed by atoms with Crippen LogP contribution in [0.5, 0.6) is 0 Å². The second-order valence-corrected chi connectivity index (χ2v) is 4.13. The van der Waals surface area contributed by atoms with Gasteiger partial charge >= 0.3 is 0 Å². The number of aliphatic hydroxyl groups is 1. The Morgan fingerprint density at radius 2 is 2.14 bits per heavy atom. The van der Waals surface area contributed by atoms with E-state index in [2.05, 4.69) is 31.3 Å². The van der Waals surface area contributed by atoms with Gasteiger partial charge in [-0.25, -0.2) is 0 Å². The molecule has 2 N–H and O–H groups in total. The molecule has 0 saturated carbocycles. The van der Waals surface area contributed by atoms with Crippen LogP contribution in [-0.2, 0) is 6.54 Å². The van der Waals surface area contributed by atoms with Crippen molar-refractivity contribution in [3.8, 4) is 0 Å². The summed E-state index contributed by atoms with van der Waals surface area (Å²) in [6.45, 7) is 5.98. The Balaban J connectivity index is 2.53. The number of nitrogens with one attached hydrogen (secondary N) is 1. The van der Waals surface area contributed by atoms with E-state index in [9.17, 15) is 5.11 Å². The zero-order chi connectivity index (χ0) is 10.1. The first kappa shape index (κ1) is 9.69. The predicted octanol–water partition coefficient (Wildman–Crippen LogP) is 1.83. The topological polar surface area (TPSA) is 32.3 Å². The molecule has 0 amide bonds. The Hall–Kier alpha value is -0.860. The second-order valence-electron chi connectivity index (χ2n) is 4.13. The van der Waals surface area contributed by atoms with Crippen molar-refractivity contribution >= 4 is 0 Å². The number of hydrogen-bond acceptors (Lipinski definition) is 2. The lowest BCUT2D eigenvalue weighted by molar-refractivity contribution is 0.170. The van der Waals surface area contributed by atoms with E-state index in [1.807, 2.05) is 0 Å². The van der Waals surface area contributed by atoms with Crippen LogP contribution in [0, 0.1) is 13.8 Å². The first-order valence-corrected chi connectivity index (χ1v) is 5.17. The number of benzene rings is 1. The van der Waals surface area contributed by atoms with Gasteiger partial charge in [-0.3, -0.25) is 0 Å². The highest BCUT2D eigenvalue weighted by atomic mass is 16.3. The Morgan fingerprint density at radius 3 is 2.93 bits per heavy atom. The minimum Gasteiger partial charge on any atom is -0.388 e. The Bertz CT molecular complexity index is 346. The van der Waals surface area contributed by atoms with Crippen LogP contribution in [0.2, 0.25) is 0 Å². The molecule has 0 spiro atoms. The highest BCUT2D eigenvalue weighted by molar-refractivity contribution is 5.40.